The normalized spacial score (nSPS) is 27.6. The van der Waals surface area contributed by atoms with Gasteiger partial charge in [-0.1, -0.05) is 36.8 Å². The van der Waals surface area contributed by atoms with Gasteiger partial charge in [0.05, 0.1) is 11.8 Å². The van der Waals surface area contributed by atoms with E-state index in [1.54, 1.807) is 10.7 Å². The minimum Gasteiger partial charge on any atom is -0.385 e. The lowest BCUT2D eigenvalue weighted by Gasteiger charge is -2.52. The van der Waals surface area contributed by atoms with Crippen molar-refractivity contribution in [1.82, 2.24) is 19.5 Å². The van der Waals surface area contributed by atoms with Gasteiger partial charge in [-0.3, -0.25) is 4.90 Å². The Balaban J connectivity index is 1.44. The number of fused-ring (bicyclic) bond motifs is 3. The zero-order valence-corrected chi connectivity index (χ0v) is 15.7. The monoisotopic (exact) mass is 373 g/mol. The molecule has 2 aliphatic heterocycles. The van der Waals surface area contributed by atoms with Crippen molar-refractivity contribution >= 4 is 5.65 Å². The predicted molar refractivity (Wildman–Crippen MR) is 104 cm³/mol. The second-order valence-corrected chi connectivity index (χ2v) is 8.12. The molecule has 2 unspecified atom stereocenters. The van der Waals surface area contributed by atoms with E-state index in [-0.39, 0.29) is 0 Å². The summed E-state index contributed by atoms with van der Waals surface area (Å²) in [7, 11) is 0. The zero-order chi connectivity index (χ0) is 19.1. The van der Waals surface area contributed by atoms with Crippen molar-refractivity contribution in [3.63, 3.8) is 0 Å². The molecule has 5 rings (SSSR count). The number of nitrogens with zero attached hydrogens (tertiary/aromatic N) is 5. The molecule has 2 atom stereocenters. The number of hydrogen-bond acceptors (Lipinski definition) is 5. The van der Waals surface area contributed by atoms with Gasteiger partial charge in [0.25, 0.3) is 0 Å². The van der Waals surface area contributed by atoms with Crippen LogP contribution in [-0.2, 0) is 12.1 Å². The first-order valence-electron chi connectivity index (χ1n) is 9.92. The van der Waals surface area contributed by atoms with E-state index >= 15 is 0 Å². The predicted octanol–water partition coefficient (Wildman–Crippen LogP) is 3.01. The minimum atomic E-state index is -0.900. The summed E-state index contributed by atoms with van der Waals surface area (Å²) in [5, 5.41) is 25.0. The Morgan fingerprint density at radius 1 is 1.14 bits per heavy atom. The van der Waals surface area contributed by atoms with Gasteiger partial charge in [0, 0.05) is 36.6 Å². The molecule has 1 aromatic carbocycles. The molecule has 2 bridgehead atoms. The van der Waals surface area contributed by atoms with Crippen LogP contribution in [0, 0.1) is 11.3 Å². The summed E-state index contributed by atoms with van der Waals surface area (Å²) < 4.78 is 1.61. The Kier molecular flexibility index (Phi) is 4.15. The summed E-state index contributed by atoms with van der Waals surface area (Å²) in [6, 6.07) is 13.4. The average Bonchev–Trinajstić information content (AvgIpc) is 3.12. The topological polar surface area (TPSA) is 77.5 Å². The Morgan fingerprint density at radius 3 is 2.61 bits per heavy atom. The summed E-state index contributed by atoms with van der Waals surface area (Å²) in [6.45, 7) is 0.939. The summed E-state index contributed by atoms with van der Waals surface area (Å²) >= 11 is 0. The van der Waals surface area contributed by atoms with E-state index in [0.29, 0.717) is 36.1 Å². The van der Waals surface area contributed by atoms with Crippen molar-refractivity contribution in [2.24, 2.45) is 0 Å². The van der Waals surface area contributed by atoms with Gasteiger partial charge in [-0.2, -0.15) is 10.4 Å². The quantitative estimate of drug-likeness (QED) is 0.764. The highest BCUT2D eigenvalue weighted by atomic mass is 16.3. The Morgan fingerprint density at radius 2 is 1.89 bits per heavy atom. The maximum atomic E-state index is 11.6. The number of aliphatic hydroxyl groups is 1. The van der Waals surface area contributed by atoms with Crippen LogP contribution in [0.4, 0.5) is 0 Å². The van der Waals surface area contributed by atoms with Crippen LogP contribution in [0.3, 0.4) is 0 Å². The van der Waals surface area contributed by atoms with E-state index in [9.17, 15) is 5.11 Å². The van der Waals surface area contributed by atoms with Crippen LogP contribution < -0.4 is 0 Å². The van der Waals surface area contributed by atoms with E-state index in [2.05, 4.69) is 51.4 Å². The molecule has 3 aromatic rings. The first-order valence-corrected chi connectivity index (χ1v) is 9.92. The average molecular weight is 373 g/mol. The Labute approximate surface area is 164 Å². The van der Waals surface area contributed by atoms with E-state index in [4.69, 9.17) is 5.26 Å². The summed E-state index contributed by atoms with van der Waals surface area (Å²) in [5.41, 5.74) is 2.21. The Bertz CT molecular complexity index is 1020. The van der Waals surface area contributed by atoms with Gasteiger partial charge in [-0.15, -0.1) is 0 Å². The Hall–Kier alpha value is -2.75. The number of nitriles is 1. The molecule has 28 heavy (non-hydrogen) atoms. The number of piperidine rings is 2. The van der Waals surface area contributed by atoms with Gasteiger partial charge in [-0.05, 0) is 31.2 Å². The lowest BCUT2D eigenvalue weighted by molar-refractivity contribution is -0.100. The molecule has 0 radical (unpaired) electrons. The van der Waals surface area contributed by atoms with Crippen molar-refractivity contribution in [1.29, 1.82) is 5.26 Å². The SMILES string of the molecule is N#Cc1cnn2cc(C3(O)CC4CCCC(C3)N4Cc3ccccc3)cnc12. The van der Waals surface area contributed by atoms with Crippen LogP contribution in [0.5, 0.6) is 0 Å². The van der Waals surface area contributed by atoms with Gasteiger partial charge >= 0.3 is 0 Å². The first kappa shape index (κ1) is 17.4. The van der Waals surface area contributed by atoms with Gasteiger partial charge in [-0.25, -0.2) is 9.50 Å². The summed E-state index contributed by atoms with van der Waals surface area (Å²) in [4.78, 5) is 7.00. The van der Waals surface area contributed by atoms with Crippen molar-refractivity contribution in [3.8, 4) is 6.07 Å². The summed E-state index contributed by atoms with van der Waals surface area (Å²) in [5.74, 6) is 0. The van der Waals surface area contributed by atoms with Crippen LogP contribution >= 0.6 is 0 Å². The zero-order valence-electron chi connectivity index (χ0n) is 15.7. The van der Waals surface area contributed by atoms with Gasteiger partial charge < -0.3 is 5.11 Å². The van der Waals surface area contributed by atoms with Crippen LogP contribution in [0.25, 0.3) is 5.65 Å². The molecule has 2 saturated heterocycles. The van der Waals surface area contributed by atoms with Crippen molar-refractivity contribution in [3.05, 3.63) is 65.6 Å². The third-order valence-corrected chi connectivity index (χ3v) is 6.38. The molecule has 2 aromatic heterocycles. The third kappa shape index (κ3) is 2.88. The largest absolute Gasteiger partial charge is 0.385 e. The van der Waals surface area contributed by atoms with Gasteiger partial charge in [0.1, 0.15) is 11.6 Å². The fourth-order valence-electron chi connectivity index (χ4n) is 5.00. The molecule has 4 heterocycles. The molecule has 1 N–H and O–H groups in total. The van der Waals surface area contributed by atoms with Crippen LogP contribution in [0.2, 0.25) is 0 Å². The molecule has 0 saturated carbocycles. The van der Waals surface area contributed by atoms with Gasteiger partial charge in [0.2, 0.25) is 0 Å². The molecule has 2 aliphatic rings. The number of aromatic nitrogens is 3. The molecule has 0 amide bonds. The molecular formula is C22H23N5O. The van der Waals surface area contributed by atoms with Crippen LogP contribution in [0.1, 0.15) is 48.8 Å². The van der Waals surface area contributed by atoms with E-state index < -0.39 is 5.60 Å². The minimum absolute atomic E-state index is 0.362. The second-order valence-electron chi connectivity index (χ2n) is 8.12. The lowest BCUT2D eigenvalue weighted by atomic mass is 9.73. The number of hydrogen-bond donors (Lipinski definition) is 1. The molecule has 2 fully saturated rings. The molecule has 6 heteroatoms. The van der Waals surface area contributed by atoms with Crippen molar-refractivity contribution in [2.45, 2.75) is 56.3 Å². The van der Waals surface area contributed by atoms with Crippen molar-refractivity contribution < 1.29 is 5.11 Å². The van der Waals surface area contributed by atoms with E-state index in [1.165, 1.54) is 18.2 Å². The van der Waals surface area contributed by atoms with Crippen LogP contribution in [-0.4, -0.2) is 36.7 Å². The maximum Gasteiger partial charge on any atom is 0.172 e. The molecule has 6 nitrogen and oxygen atoms in total. The lowest BCUT2D eigenvalue weighted by Crippen LogP contribution is -2.56. The molecule has 142 valence electrons. The smallest absolute Gasteiger partial charge is 0.172 e. The summed E-state index contributed by atoms with van der Waals surface area (Å²) in [6.07, 6.45) is 9.94. The maximum absolute atomic E-state index is 11.6. The first-order chi connectivity index (χ1) is 13.7. The standard InChI is InChI=1S/C22H23N5O/c23-11-17-12-25-27-15-18(13-24-21(17)27)22(28)9-19-7-4-8-20(10-22)26(19)14-16-5-2-1-3-6-16/h1-3,5-6,12-13,15,19-20,28H,4,7-10,14H2. The third-order valence-electron chi connectivity index (χ3n) is 6.38. The molecule has 0 spiro atoms. The highest BCUT2D eigenvalue weighted by Crippen LogP contribution is 2.44. The van der Waals surface area contributed by atoms with Crippen molar-refractivity contribution in [2.75, 3.05) is 0 Å². The van der Waals surface area contributed by atoms with Gasteiger partial charge in [0.15, 0.2) is 5.65 Å². The number of rotatable bonds is 3. The highest BCUT2D eigenvalue weighted by molar-refractivity contribution is 5.53. The fraction of sp³-hybridized carbons (Fsp3) is 0.409. The second kappa shape index (κ2) is 6.69. The molecular weight excluding hydrogens is 350 g/mol. The van der Waals surface area contributed by atoms with Crippen LogP contribution in [0.15, 0.2) is 48.9 Å². The fourth-order valence-corrected chi connectivity index (χ4v) is 5.00. The van der Waals surface area contributed by atoms with E-state index in [1.807, 2.05) is 6.20 Å². The highest BCUT2D eigenvalue weighted by Gasteiger charge is 2.46. The number of benzene rings is 1. The molecule has 0 aliphatic carbocycles. The van der Waals surface area contributed by atoms with E-state index in [0.717, 1.165) is 24.9 Å².